The molecule has 1 atom stereocenters. The molecule has 1 amide bonds. The lowest BCUT2D eigenvalue weighted by atomic mass is 10.0. The van der Waals surface area contributed by atoms with Gasteiger partial charge in [-0.2, -0.15) is 0 Å². The summed E-state index contributed by atoms with van der Waals surface area (Å²) in [4.78, 5) is 17.3. The van der Waals surface area contributed by atoms with Gasteiger partial charge >= 0.3 is 6.09 Å². The predicted octanol–water partition coefficient (Wildman–Crippen LogP) is 4.51. The van der Waals surface area contributed by atoms with Gasteiger partial charge in [0.15, 0.2) is 8.32 Å². The van der Waals surface area contributed by atoms with Crippen LogP contribution in [0.25, 0.3) is 0 Å². The van der Waals surface area contributed by atoms with Crippen molar-refractivity contribution in [2.75, 3.05) is 13.2 Å². The van der Waals surface area contributed by atoms with E-state index in [9.17, 15) is 9.90 Å². The number of hydrogen-bond donors (Lipinski definition) is 1. The Bertz CT molecular complexity index is 616. The number of pyridine rings is 1. The van der Waals surface area contributed by atoms with E-state index in [0.29, 0.717) is 25.6 Å². The van der Waals surface area contributed by atoms with Gasteiger partial charge in [-0.05, 0) is 43.5 Å². The van der Waals surface area contributed by atoms with Crippen LogP contribution in [-0.4, -0.2) is 48.6 Å². The minimum Gasteiger partial charge on any atom is -0.475 e. The lowest BCUT2D eigenvalue weighted by Gasteiger charge is -2.36. The van der Waals surface area contributed by atoms with Crippen LogP contribution in [0.1, 0.15) is 45.7 Å². The lowest BCUT2D eigenvalue weighted by molar-refractivity contribution is 0.0825. The Kier molecular flexibility index (Phi) is 6.68. The molecular weight excluding hydrogens is 348 g/mol. The normalized spacial score (nSPS) is 18.7. The van der Waals surface area contributed by atoms with Gasteiger partial charge in [-0.1, -0.05) is 26.8 Å². The highest BCUT2D eigenvalue weighted by atomic mass is 28.4. The van der Waals surface area contributed by atoms with Crippen LogP contribution >= 0.6 is 0 Å². The van der Waals surface area contributed by atoms with Gasteiger partial charge in [0.25, 0.3) is 0 Å². The van der Waals surface area contributed by atoms with Gasteiger partial charge in [0.05, 0.1) is 18.3 Å². The molecule has 2 heterocycles. The van der Waals surface area contributed by atoms with Crippen molar-refractivity contribution in [3.05, 3.63) is 23.9 Å². The summed E-state index contributed by atoms with van der Waals surface area (Å²) in [6.45, 7) is 12.5. The van der Waals surface area contributed by atoms with Crippen LogP contribution in [0.15, 0.2) is 18.2 Å². The number of piperidine rings is 1. The molecule has 1 aromatic heterocycles. The maximum absolute atomic E-state index is 11.3. The van der Waals surface area contributed by atoms with Gasteiger partial charge in [0, 0.05) is 12.6 Å². The lowest BCUT2D eigenvalue weighted by Crippen LogP contribution is -2.46. The smallest absolute Gasteiger partial charge is 0.407 e. The van der Waals surface area contributed by atoms with Gasteiger partial charge in [0.2, 0.25) is 5.88 Å². The Morgan fingerprint density at radius 2 is 2.08 bits per heavy atom. The highest BCUT2D eigenvalue weighted by Crippen LogP contribution is 2.37. The molecule has 0 aliphatic carbocycles. The number of rotatable bonds is 6. The minimum atomic E-state index is -1.82. The molecule has 146 valence electrons. The Balaban J connectivity index is 1.93. The van der Waals surface area contributed by atoms with Crippen LogP contribution in [0.5, 0.6) is 5.88 Å². The second kappa shape index (κ2) is 8.39. The van der Waals surface area contributed by atoms with Gasteiger partial charge in [0.1, 0.15) is 6.61 Å². The molecule has 0 bridgehead atoms. The van der Waals surface area contributed by atoms with Crippen molar-refractivity contribution in [1.29, 1.82) is 0 Å². The van der Waals surface area contributed by atoms with E-state index >= 15 is 0 Å². The molecule has 0 unspecified atom stereocenters. The zero-order chi connectivity index (χ0) is 19.4. The molecule has 7 heteroatoms. The van der Waals surface area contributed by atoms with Gasteiger partial charge in [-0.3, -0.25) is 0 Å². The third-order valence-corrected chi connectivity index (χ3v) is 9.94. The molecule has 0 saturated carbocycles. The number of hydrogen-bond acceptors (Lipinski definition) is 4. The fraction of sp³-hybridized carbons (Fsp3) is 0.684. The van der Waals surface area contributed by atoms with E-state index in [-0.39, 0.29) is 11.1 Å². The summed E-state index contributed by atoms with van der Waals surface area (Å²) < 4.78 is 12.0. The SMILES string of the molecule is CC(C)(C)[Si](C)(C)OCc1cccc(OC[C@@H]2CCCCN2C(=O)O)n1. The Hall–Kier alpha value is -1.60. The third-order valence-electron chi connectivity index (χ3n) is 5.46. The summed E-state index contributed by atoms with van der Waals surface area (Å²) in [5.41, 5.74) is 0.839. The zero-order valence-electron chi connectivity index (χ0n) is 16.6. The van der Waals surface area contributed by atoms with Crippen molar-refractivity contribution >= 4 is 14.4 Å². The van der Waals surface area contributed by atoms with E-state index in [1.165, 1.54) is 4.90 Å². The summed E-state index contributed by atoms with van der Waals surface area (Å²) in [7, 11) is -1.82. The van der Waals surface area contributed by atoms with Crippen molar-refractivity contribution in [3.63, 3.8) is 0 Å². The average molecular weight is 381 g/mol. The molecule has 0 spiro atoms. The second-order valence-electron chi connectivity index (χ2n) is 8.45. The molecule has 6 nitrogen and oxygen atoms in total. The molecule has 0 radical (unpaired) electrons. The van der Waals surface area contributed by atoms with E-state index in [4.69, 9.17) is 9.16 Å². The van der Waals surface area contributed by atoms with E-state index < -0.39 is 14.4 Å². The maximum Gasteiger partial charge on any atom is 0.407 e. The summed E-state index contributed by atoms with van der Waals surface area (Å²) in [5.74, 6) is 0.525. The van der Waals surface area contributed by atoms with E-state index in [1.807, 2.05) is 18.2 Å². The van der Waals surface area contributed by atoms with Gasteiger partial charge in [-0.25, -0.2) is 9.78 Å². The number of likely N-dealkylation sites (tertiary alicyclic amines) is 1. The molecule has 26 heavy (non-hydrogen) atoms. The Labute approximate surface area is 157 Å². The highest BCUT2D eigenvalue weighted by Gasteiger charge is 2.37. The Morgan fingerprint density at radius 3 is 2.73 bits per heavy atom. The van der Waals surface area contributed by atoms with E-state index in [2.05, 4.69) is 38.8 Å². The van der Waals surface area contributed by atoms with Gasteiger partial charge < -0.3 is 19.2 Å². The predicted molar refractivity (Wildman–Crippen MR) is 104 cm³/mol. The fourth-order valence-electron chi connectivity index (χ4n) is 2.70. The molecular formula is C19H32N2O4Si. The van der Waals surface area contributed by atoms with Crippen LogP contribution in [0.3, 0.4) is 0 Å². The minimum absolute atomic E-state index is 0.102. The Morgan fingerprint density at radius 1 is 1.35 bits per heavy atom. The van der Waals surface area contributed by atoms with E-state index in [0.717, 1.165) is 25.0 Å². The summed E-state index contributed by atoms with van der Waals surface area (Å²) in [6, 6.07) is 5.55. The first-order chi connectivity index (χ1) is 12.1. The maximum atomic E-state index is 11.3. The standard InChI is InChI=1S/C19H32N2O4Si/c1-19(2,3)26(4,5)25-13-15-9-8-11-17(20-15)24-14-16-10-6-7-12-21(16)18(22)23/h8-9,11,16H,6-7,10,12-14H2,1-5H3,(H,22,23)/t16-/m0/s1. The van der Waals surface area contributed by atoms with Crippen LogP contribution < -0.4 is 4.74 Å². The van der Waals surface area contributed by atoms with Crippen molar-refractivity contribution in [3.8, 4) is 5.88 Å². The number of carboxylic acid groups (broad SMARTS) is 1. The van der Waals surface area contributed by atoms with Crippen molar-refractivity contribution in [1.82, 2.24) is 9.88 Å². The van der Waals surface area contributed by atoms with Crippen molar-refractivity contribution in [2.45, 2.75) is 70.8 Å². The number of nitrogens with zero attached hydrogens (tertiary/aromatic N) is 2. The fourth-order valence-corrected chi connectivity index (χ4v) is 3.64. The van der Waals surface area contributed by atoms with Crippen LogP contribution in [0, 0.1) is 0 Å². The first-order valence-corrected chi connectivity index (χ1v) is 12.2. The van der Waals surface area contributed by atoms with Crippen LogP contribution in [0.2, 0.25) is 18.1 Å². The zero-order valence-corrected chi connectivity index (χ0v) is 17.6. The summed E-state index contributed by atoms with van der Waals surface area (Å²) in [5, 5.41) is 9.46. The molecule has 1 fully saturated rings. The number of ether oxygens (including phenoxy) is 1. The number of carbonyl (C=O) groups is 1. The summed E-state index contributed by atoms with van der Waals surface area (Å²) in [6.07, 6.45) is 1.91. The largest absolute Gasteiger partial charge is 0.475 e. The van der Waals surface area contributed by atoms with Crippen molar-refractivity contribution in [2.24, 2.45) is 0 Å². The molecule has 1 aliphatic heterocycles. The van der Waals surface area contributed by atoms with Crippen molar-refractivity contribution < 1.29 is 19.1 Å². The quantitative estimate of drug-likeness (QED) is 0.735. The van der Waals surface area contributed by atoms with Crippen LogP contribution in [-0.2, 0) is 11.0 Å². The molecule has 2 rings (SSSR count). The molecule has 0 aromatic carbocycles. The highest BCUT2D eigenvalue weighted by molar-refractivity contribution is 6.74. The average Bonchev–Trinajstić information content (AvgIpc) is 2.58. The number of amides is 1. The first-order valence-electron chi connectivity index (χ1n) is 9.32. The molecule has 1 N–H and O–H groups in total. The molecule has 1 saturated heterocycles. The molecule has 1 aromatic rings. The van der Waals surface area contributed by atoms with E-state index in [1.54, 1.807) is 0 Å². The topological polar surface area (TPSA) is 71.9 Å². The monoisotopic (exact) mass is 380 g/mol. The second-order valence-corrected chi connectivity index (χ2v) is 13.3. The third kappa shape index (κ3) is 5.44. The summed E-state index contributed by atoms with van der Waals surface area (Å²) >= 11 is 0. The first kappa shape index (κ1) is 20.7. The number of aromatic nitrogens is 1. The van der Waals surface area contributed by atoms with Gasteiger partial charge in [-0.15, -0.1) is 0 Å². The van der Waals surface area contributed by atoms with Crippen LogP contribution in [0.4, 0.5) is 4.79 Å². The molecule has 1 aliphatic rings.